The molecule has 4 heteroatoms. The van der Waals surface area contributed by atoms with Crippen LogP contribution in [0.4, 0.5) is 0 Å². The van der Waals surface area contributed by atoms with Crippen molar-refractivity contribution in [3.05, 3.63) is 48.5 Å². The van der Waals surface area contributed by atoms with Gasteiger partial charge in [-0.3, -0.25) is 0 Å². The van der Waals surface area contributed by atoms with E-state index in [9.17, 15) is 0 Å². The molecule has 0 saturated carbocycles. The van der Waals surface area contributed by atoms with Gasteiger partial charge in [0.25, 0.3) is 0 Å². The maximum absolute atomic E-state index is 5.55. The summed E-state index contributed by atoms with van der Waals surface area (Å²) < 4.78 is 5.55. The molecule has 0 atom stereocenters. The average Bonchev–Trinajstić information content (AvgIpc) is 2.89. The minimum absolute atomic E-state index is 0.433. The molecule has 0 radical (unpaired) electrons. The first kappa shape index (κ1) is 12.8. The van der Waals surface area contributed by atoms with Crippen molar-refractivity contribution < 1.29 is 4.42 Å². The van der Waals surface area contributed by atoms with Gasteiger partial charge < -0.3 is 9.73 Å². The number of para-hydroxylation sites is 1. The number of aromatic nitrogens is 2. The quantitative estimate of drug-likeness (QED) is 0.787. The van der Waals surface area contributed by atoms with Gasteiger partial charge in [-0.25, -0.2) is 9.97 Å². The molecule has 0 saturated heterocycles. The largest absolute Gasteiger partial charge is 0.464 e. The van der Waals surface area contributed by atoms with Crippen LogP contribution in [-0.4, -0.2) is 16.0 Å². The highest BCUT2D eigenvalue weighted by atomic mass is 16.3. The smallest absolute Gasteiger partial charge is 0.163 e. The summed E-state index contributed by atoms with van der Waals surface area (Å²) in [6.07, 6.45) is 3.51. The Balaban J connectivity index is 1.95. The maximum Gasteiger partial charge on any atom is 0.163 e. The number of fused-ring (bicyclic) bond motifs is 1. The molecule has 2 aromatic heterocycles. The van der Waals surface area contributed by atoms with Gasteiger partial charge in [-0.1, -0.05) is 32.0 Å². The summed E-state index contributed by atoms with van der Waals surface area (Å²) in [6.45, 7) is 4.97. The van der Waals surface area contributed by atoms with Crippen molar-refractivity contribution in [1.82, 2.24) is 15.3 Å². The van der Waals surface area contributed by atoms with Crippen LogP contribution < -0.4 is 5.32 Å². The minimum atomic E-state index is 0.433. The van der Waals surface area contributed by atoms with Crippen molar-refractivity contribution in [3.63, 3.8) is 0 Å². The Labute approximate surface area is 117 Å². The molecule has 1 aromatic carbocycles. The standard InChI is InChI=1S/C16H17N3O/c1-11(2)18-9-12-7-8-17-16(19-12)14-10-20-15-6-4-3-5-13(14)15/h3-8,10-11,18H,9H2,1-2H3. The Kier molecular flexibility index (Phi) is 3.48. The van der Waals surface area contributed by atoms with Crippen LogP contribution in [0, 0.1) is 0 Å². The molecule has 2 heterocycles. The highest BCUT2D eigenvalue weighted by Gasteiger charge is 2.10. The summed E-state index contributed by atoms with van der Waals surface area (Å²) in [6, 6.07) is 10.3. The number of benzene rings is 1. The van der Waals surface area contributed by atoms with Crippen molar-refractivity contribution in [2.45, 2.75) is 26.4 Å². The molecule has 3 aromatic rings. The van der Waals surface area contributed by atoms with E-state index in [2.05, 4.69) is 29.1 Å². The molecule has 0 aliphatic heterocycles. The van der Waals surface area contributed by atoms with E-state index in [0.717, 1.165) is 28.8 Å². The van der Waals surface area contributed by atoms with E-state index in [1.165, 1.54) is 0 Å². The monoisotopic (exact) mass is 267 g/mol. The highest BCUT2D eigenvalue weighted by Crippen LogP contribution is 2.27. The fraction of sp³-hybridized carbons (Fsp3) is 0.250. The van der Waals surface area contributed by atoms with Crippen LogP contribution in [0.25, 0.3) is 22.4 Å². The van der Waals surface area contributed by atoms with Crippen LogP contribution in [0.3, 0.4) is 0 Å². The lowest BCUT2D eigenvalue weighted by atomic mass is 10.1. The number of furan rings is 1. The number of rotatable bonds is 4. The highest BCUT2D eigenvalue weighted by molar-refractivity contribution is 5.91. The van der Waals surface area contributed by atoms with Crippen LogP contribution in [0.15, 0.2) is 47.2 Å². The second-order valence-electron chi connectivity index (χ2n) is 5.05. The van der Waals surface area contributed by atoms with Crippen LogP contribution in [-0.2, 0) is 6.54 Å². The van der Waals surface area contributed by atoms with E-state index < -0.39 is 0 Å². The number of nitrogens with zero attached hydrogens (tertiary/aromatic N) is 2. The third kappa shape index (κ3) is 2.56. The predicted octanol–water partition coefficient (Wildman–Crippen LogP) is 3.39. The summed E-state index contributed by atoms with van der Waals surface area (Å²) in [7, 11) is 0. The number of hydrogen-bond acceptors (Lipinski definition) is 4. The summed E-state index contributed by atoms with van der Waals surface area (Å²) in [4.78, 5) is 8.96. The van der Waals surface area contributed by atoms with Gasteiger partial charge >= 0.3 is 0 Å². The second-order valence-corrected chi connectivity index (χ2v) is 5.05. The van der Waals surface area contributed by atoms with Gasteiger partial charge in [-0.2, -0.15) is 0 Å². The molecule has 4 nitrogen and oxygen atoms in total. The molecule has 0 fully saturated rings. The first-order valence-corrected chi connectivity index (χ1v) is 6.76. The van der Waals surface area contributed by atoms with Crippen molar-refractivity contribution in [2.75, 3.05) is 0 Å². The van der Waals surface area contributed by atoms with Crippen molar-refractivity contribution in [2.24, 2.45) is 0 Å². The summed E-state index contributed by atoms with van der Waals surface area (Å²) in [5, 5.41) is 4.40. The molecular weight excluding hydrogens is 250 g/mol. The van der Waals surface area contributed by atoms with Gasteiger partial charge in [-0.05, 0) is 12.1 Å². The van der Waals surface area contributed by atoms with Gasteiger partial charge in [0.1, 0.15) is 11.8 Å². The van der Waals surface area contributed by atoms with Crippen molar-refractivity contribution >= 4 is 11.0 Å². The molecule has 0 aliphatic rings. The minimum Gasteiger partial charge on any atom is -0.464 e. The van der Waals surface area contributed by atoms with Gasteiger partial charge in [0.05, 0.1) is 11.3 Å². The van der Waals surface area contributed by atoms with Gasteiger partial charge in [0, 0.05) is 24.2 Å². The Morgan fingerprint density at radius 3 is 2.90 bits per heavy atom. The van der Waals surface area contributed by atoms with E-state index in [1.54, 1.807) is 12.5 Å². The van der Waals surface area contributed by atoms with E-state index in [4.69, 9.17) is 4.42 Å². The zero-order valence-electron chi connectivity index (χ0n) is 11.6. The van der Waals surface area contributed by atoms with Gasteiger partial charge in [0.15, 0.2) is 5.82 Å². The summed E-state index contributed by atoms with van der Waals surface area (Å²) >= 11 is 0. The molecule has 0 bridgehead atoms. The third-order valence-corrected chi connectivity index (χ3v) is 3.13. The Morgan fingerprint density at radius 2 is 2.05 bits per heavy atom. The van der Waals surface area contributed by atoms with Crippen LogP contribution in [0.2, 0.25) is 0 Å². The average molecular weight is 267 g/mol. The summed E-state index contributed by atoms with van der Waals surface area (Å²) in [5.74, 6) is 0.706. The lowest BCUT2D eigenvalue weighted by Crippen LogP contribution is -2.22. The van der Waals surface area contributed by atoms with E-state index in [0.29, 0.717) is 11.9 Å². The molecule has 102 valence electrons. The molecule has 0 unspecified atom stereocenters. The Bertz CT molecular complexity index is 718. The number of nitrogens with one attached hydrogen (secondary N) is 1. The van der Waals surface area contributed by atoms with E-state index in [-0.39, 0.29) is 0 Å². The second kappa shape index (κ2) is 5.43. The first-order chi connectivity index (χ1) is 9.74. The fourth-order valence-electron chi connectivity index (χ4n) is 2.08. The molecule has 0 amide bonds. The fourth-order valence-corrected chi connectivity index (χ4v) is 2.08. The Hall–Kier alpha value is -2.20. The zero-order chi connectivity index (χ0) is 13.9. The van der Waals surface area contributed by atoms with Crippen molar-refractivity contribution in [3.8, 4) is 11.4 Å². The van der Waals surface area contributed by atoms with Crippen LogP contribution >= 0.6 is 0 Å². The lowest BCUT2D eigenvalue weighted by molar-refractivity contribution is 0.581. The predicted molar refractivity (Wildman–Crippen MR) is 79.2 cm³/mol. The topological polar surface area (TPSA) is 51.0 Å². The third-order valence-electron chi connectivity index (χ3n) is 3.13. The van der Waals surface area contributed by atoms with Crippen LogP contribution in [0.1, 0.15) is 19.5 Å². The zero-order valence-corrected chi connectivity index (χ0v) is 11.6. The van der Waals surface area contributed by atoms with E-state index >= 15 is 0 Å². The molecule has 0 spiro atoms. The first-order valence-electron chi connectivity index (χ1n) is 6.76. The lowest BCUT2D eigenvalue weighted by Gasteiger charge is -2.07. The molecule has 0 aliphatic carbocycles. The molecule has 3 rings (SSSR count). The molecule has 1 N–H and O–H groups in total. The molecular formula is C16H17N3O. The maximum atomic E-state index is 5.55. The van der Waals surface area contributed by atoms with E-state index in [1.807, 2.05) is 30.3 Å². The Morgan fingerprint density at radius 1 is 1.20 bits per heavy atom. The summed E-state index contributed by atoms with van der Waals surface area (Å²) in [5.41, 5.74) is 2.78. The number of hydrogen-bond donors (Lipinski definition) is 1. The SMILES string of the molecule is CC(C)NCc1ccnc(-c2coc3ccccc23)n1. The van der Waals surface area contributed by atoms with Gasteiger partial charge in [0.2, 0.25) is 0 Å². The van der Waals surface area contributed by atoms with Crippen LogP contribution in [0.5, 0.6) is 0 Å². The molecule has 20 heavy (non-hydrogen) atoms. The normalized spacial score (nSPS) is 11.3. The van der Waals surface area contributed by atoms with Crippen molar-refractivity contribution in [1.29, 1.82) is 0 Å². The van der Waals surface area contributed by atoms with Gasteiger partial charge in [-0.15, -0.1) is 0 Å².